The summed E-state index contributed by atoms with van der Waals surface area (Å²) < 4.78 is -0.0914. The number of halogens is 1. The van der Waals surface area contributed by atoms with Gasteiger partial charge in [0, 0.05) is 19.3 Å². The SMILES string of the molecule is O=C(Cl)C12CC[N+]([O-])(CC1)CC2. The van der Waals surface area contributed by atoms with E-state index in [9.17, 15) is 10.0 Å². The minimum Gasteiger partial charge on any atom is -0.633 e. The maximum absolute atomic E-state index is 11.7. The molecular formula is C8H12ClNO2. The van der Waals surface area contributed by atoms with Gasteiger partial charge < -0.3 is 9.85 Å². The lowest BCUT2D eigenvalue weighted by Gasteiger charge is -2.56. The monoisotopic (exact) mass is 189 g/mol. The Kier molecular flexibility index (Phi) is 1.72. The fourth-order valence-electron chi connectivity index (χ4n) is 2.26. The Balaban J connectivity index is 2.20. The van der Waals surface area contributed by atoms with Crippen LogP contribution in [0.3, 0.4) is 0 Å². The molecule has 0 radical (unpaired) electrons. The third-order valence-corrected chi connectivity index (χ3v) is 3.81. The highest BCUT2D eigenvalue weighted by Crippen LogP contribution is 2.44. The molecule has 68 valence electrons. The number of carbonyl (C=O) groups is 1. The minimum absolute atomic E-state index is 0.0914. The van der Waals surface area contributed by atoms with E-state index in [2.05, 4.69) is 0 Å². The molecule has 0 saturated carbocycles. The number of quaternary nitrogens is 1. The van der Waals surface area contributed by atoms with Crippen LogP contribution in [0, 0.1) is 10.6 Å². The number of piperidine rings is 3. The molecular weight excluding hydrogens is 178 g/mol. The van der Waals surface area contributed by atoms with Crippen molar-refractivity contribution in [1.29, 1.82) is 0 Å². The second kappa shape index (κ2) is 2.44. The van der Waals surface area contributed by atoms with Crippen molar-refractivity contribution in [2.24, 2.45) is 5.41 Å². The van der Waals surface area contributed by atoms with Crippen LogP contribution in [0.2, 0.25) is 0 Å². The van der Waals surface area contributed by atoms with Gasteiger partial charge in [0.05, 0.1) is 25.0 Å². The smallest absolute Gasteiger partial charge is 0.228 e. The highest BCUT2D eigenvalue weighted by Gasteiger charge is 2.49. The van der Waals surface area contributed by atoms with E-state index in [0.717, 1.165) is 0 Å². The van der Waals surface area contributed by atoms with Gasteiger partial charge >= 0.3 is 0 Å². The zero-order chi connectivity index (χ0) is 8.82. The van der Waals surface area contributed by atoms with Crippen molar-refractivity contribution in [3.63, 3.8) is 0 Å². The summed E-state index contributed by atoms with van der Waals surface area (Å²) in [6.45, 7) is 1.75. The number of hydrogen-bond acceptors (Lipinski definition) is 2. The van der Waals surface area contributed by atoms with Crippen molar-refractivity contribution in [1.82, 2.24) is 0 Å². The van der Waals surface area contributed by atoms with E-state index >= 15 is 0 Å². The van der Waals surface area contributed by atoms with E-state index in [1.807, 2.05) is 0 Å². The first kappa shape index (κ1) is 8.48. The largest absolute Gasteiger partial charge is 0.633 e. The van der Waals surface area contributed by atoms with Gasteiger partial charge in [-0.2, -0.15) is 0 Å². The zero-order valence-corrected chi connectivity index (χ0v) is 7.64. The van der Waals surface area contributed by atoms with E-state index in [1.54, 1.807) is 0 Å². The van der Waals surface area contributed by atoms with Crippen LogP contribution in [0.4, 0.5) is 0 Å². The van der Waals surface area contributed by atoms with Crippen LogP contribution >= 0.6 is 11.6 Å². The van der Waals surface area contributed by atoms with Crippen LogP contribution in [0.15, 0.2) is 0 Å². The first-order valence-electron chi connectivity index (χ1n) is 4.34. The summed E-state index contributed by atoms with van der Waals surface area (Å²) >= 11 is 5.54. The molecule has 0 atom stereocenters. The maximum Gasteiger partial charge on any atom is 0.228 e. The second-order valence-corrected chi connectivity index (χ2v) is 4.38. The van der Waals surface area contributed by atoms with Crippen LogP contribution in [-0.2, 0) is 4.79 Å². The molecule has 0 aromatic carbocycles. The predicted octanol–water partition coefficient (Wildman–Crippen LogP) is 1.25. The Bertz CT molecular complexity index is 205. The van der Waals surface area contributed by atoms with E-state index in [-0.39, 0.29) is 15.3 Å². The average molecular weight is 190 g/mol. The standard InChI is InChI=1S/C8H12ClNO2/c9-7(11)8-1-4-10(12,5-2-8)6-3-8/h1-6H2. The van der Waals surface area contributed by atoms with Crippen LogP contribution in [-0.4, -0.2) is 29.5 Å². The topological polar surface area (TPSA) is 40.1 Å². The highest BCUT2D eigenvalue weighted by molar-refractivity contribution is 6.64. The molecule has 0 aromatic rings. The normalized spacial score (nSPS) is 46.2. The van der Waals surface area contributed by atoms with Gasteiger partial charge in [0.25, 0.3) is 0 Å². The number of carbonyl (C=O) groups excluding carboxylic acids is 1. The van der Waals surface area contributed by atoms with E-state index in [4.69, 9.17) is 11.6 Å². The molecule has 0 unspecified atom stereocenters. The maximum atomic E-state index is 11.7. The number of nitrogens with zero attached hydrogens (tertiary/aromatic N) is 1. The van der Waals surface area contributed by atoms with Crippen LogP contribution in [0.1, 0.15) is 19.3 Å². The van der Waals surface area contributed by atoms with Gasteiger partial charge in [0.1, 0.15) is 0 Å². The summed E-state index contributed by atoms with van der Waals surface area (Å²) in [5, 5.41) is 11.4. The van der Waals surface area contributed by atoms with E-state index < -0.39 is 0 Å². The molecule has 3 aliphatic heterocycles. The molecule has 3 fully saturated rings. The molecule has 0 amide bonds. The summed E-state index contributed by atoms with van der Waals surface area (Å²) in [6.07, 6.45) is 2.08. The molecule has 4 heteroatoms. The van der Waals surface area contributed by atoms with Crippen molar-refractivity contribution in [3.8, 4) is 0 Å². The summed E-state index contributed by atoms with van der Waals surface area (Å²) in [6, 6.07) is 0. The van der Waals surface area contributed by atoms with E-state index in [1.165, 1.54) is 0 Å². The number of fused-ring (bicyclic) bond motifs is 3. The third-order valence-electron chi connectivity index (χ3n) is 3.41. The van der Waals surface area contributed by atoms with Gasteiger partial charge in [0.15, 0.2) is 0 Å². The molecule has 3 aliphatic rings. The zero-order valence-electron chi connectivity index (χ0n) is 6.88. The number of rotatable bonds is 1. The average Bonchev–Trinajstić information content (AvgIpc) is 2.06. The molecule has 0 aromatic heterocycles. The van der Waals surface area contributed by atoms with Crippen molar-refractivity contribution < 1.29 is 9.44 Å². The highest BCUT2D eigenvalue weighted by atomic mass is 35.5. The Morgan fingerprint density at radius 3 is 2.00 bits per heavy atom. The molecule has 3 nitrogen and oxygen atoms in total. The molecule has 3 saturated heterocycles. The Morgan fingerprint density at radius 2 is 1.67 bits per heavy atom. The van der Waals surface area contributed by atoms with Crippen LogP contribution in [0.5, 0.6) is 0 Å². The molecule has 12 heavy (non-hydrogen) atoms. The van der Waals surface area contributed by atoms with Crippen molar-refractivity contribution in [2.45, 2.75) is 19.3 Å². The van der Waals surface area contributed by atoms with Gasteiger partial charge in [-0.3, -0.25) is 4.79 Å². The fourth-order valence-corrected chi connectivity index (χ4v) is 2.54. The first-order chi connectivity index (χ1) is 5.56. The Morgan fingerprint density at radius 1 is 1.25 bits per heavy atom. The predicted molar refractivity (Wildman–Crippen MR) is 45.4 cm³/mol. The summed E-state index contributed by atoms with van der Waals surface area (Å²) in [7, 11) is 0. The quantitative estimate of drug-likeness (QED) is 0.354. The van der Waals surface area contributed by atoms with Gasteiger partial charge in [-0.05, 0) is 11.6 Å². The lowest BCUT2D eigenvalue weighted by atomic mass is 9.73. The molecule has 3 rings (SSSR count). The summed E-state index contributed by atoms with van der Waals surface area (Å²) in [5.41, 5.74) is -0.327. The number of hydroxylamine groups is 3. The Labute approximate surface area is 76.5 Å². The number of hydrogen-bond donors (Lipinski definition) is 0. The van der Waals surface area contributed by atoms with E-state index in [0.29, 0.717) is 38.9 Å². The van der Waals surface area contributed by atoms with Crippen molar-refractivity contribution in [2.75, 3.05) is 19.6 Å². The van der Waals surface area contributed by atoms with Gasteiger partial charge in [0.2, 0.25) is 5.24 Å². The Hall–Kier alpha value is -0.120. The molecule has 3 heterocycles. The molecule has 0 aliphatic carbocycles. The summed E-state index contributed by atoms with van der Waals surface area (Å²) in [4.78, 5) is 11.1. The van der Waals surface area contributed by atoms with Crippen molar-refractivity contribution >= 4 is 16.8 Å². The van der Waals surface area contributed by atoms with Crippen LogP contribution < -0.4 is 0 Å². The lowest BCUT2D eigenvalue weighted by molar-refractivity contribution is -0.898. The fraction of sp³-hybridized carbons (Fsp3) is 0.875. The second-order valence-electron chi connectivity index (χ2n) is 4.03. The first-order valence-corrected chi connectivity index (χ1v) is 4.71. The van der Waals surface area contributed by atoms with Gasteiger partial charge in [-0.25, -0.2) is 0 Å². The molecule has 2 bridgehead atoms. The third kappa shape index (κ3) is 1.08. The molecule has 0 spiro atoms. The summed E-state index contributed by atoms with van der Waals surface area (Å²) in [5.74, 6) is 0. The lowest BCUT2D eigenvalue weighted by Crippen LogP contribution is -2.59. The molecule has 0 N–H and O–H groups in total. The van der Waals surface area contributed by atoms with Crippen LogP contribution in [0.25, 0.3) is 0 Å². The van der Waals surface area contributed by atoms with Gasteiger partial charge in [-0.1, -0.05) is 0 Å². The minimum atomic E-state index is -0.327. The van der Waals surface area contributed by atoms with Gasteiger partial charge in [-0.15, -0.1) is 0 Å². The van der Waals surface area contributed by atoms with Crippen molar-refractivity contribution in [3.05, 3.63) is 5.21 Å².